The van der Waals surface area contributed by atoms with E-state index in [9.17, 15) is 8.42 Å². The summed E-state index contributed by atoms with van der Waals surface area (Å²) in [5.74, 6) is 0.212. The normalized spacial score (nSPS) is 16.3. The van der Waals surface area contributed by atoms with E-state index < -0.39 is 10.0 Å². The maximum atomic E-state index is 11.7. The number of hydrogen-bond donors (Lipinski definition) is 2. The summed E-state index contributed by atoms with van der Waals surface area (Å²) in [6.45, 7) is 6.36. The Morgan fingerprint density at radius 3 is 2.33 bits per heavy atom. The Balaban J connectivity index is 4.39. The highest BCUT2D eigenvalue weighted by atomic mass is 32.2. The van der Waals surface area contributed by atoms with Gasteiger partial charge in [-0.15, -0.1) is 0 Å². The lowest BCUT2D eigenvalue weighted by molar-refractivity contribution is 0.378. The molecule has 0 saturated heterocycles. The lowest BCUT2D eigenvalue weighted by Crippen LogP contribution is -2.47. The largest absolute Gasteiger partial charge is 0.330 e. The van der Waals surface area contributed by atoms with Crippen LogP contribution >= 0.6 is 0 Å². The zero-order valence-corrected chi connectivity index (χ0v) is 10.9. The summed E-state index contributed by atoms with van der Waals surface area (Å²) in [4.78, 5) is 0. The summed E-state index contributed by atoms with van der Waals surface area (Å²) >= 11 is 0. The molecule has 0 aromatic heterocycles. The first-order chi connectivity index (χ1) is 6.89. The van der Waals surface area contributed by atoms with E-state index in [1.165, 1.54) is 0 Å². The highest BCUT2D eigenvalue weighted by Crippen LogP contribution is 2.15. The summed E-state index contributed by atoms with van der Waals surface area (Å²) in [6, 6.07) is 0. The van der Waals surface area contributed by atoms with Crippen molar-refractivity contribution in [2.24, 2.45) is 5.73 Å². The van der Waals surface area contributed by atoms with Gasteiger partial charge in [-0.2, -0.15) is 0 Å². The minimum Gasteiger partial charge on any atom is -0.330 e. The summed E-state index contributed by atoms with van der Waals surface area (Å²) in [5.41, 5.74) is 5.09. The smallest absolute Gasteiger partial charge is 0.212 e. The maximum absolute atomic E-state index is 11.7. The predicted molar refractivity (Wildman–Crippen MR) is 64.2 cm³/mol. The Morgan fingerprint density at radius 1 is 1.33 bits per heavy atom. The van der Waals surface area contributed by atoms with Crippen molar-refractivity contribution in [3.05, 3.63) is 0 Å². The molecular formula is C10H24N2O2S. The van der Waals surface area contributed by atoms with Gasteiger partial charge in [0.2, 0.25) is 10.0 Å². The number of nitrogens with one attached hydrogen (secondary N) is 1. The quantitative estimate of drug-likeness (QED) is 0.665. The Morgan fingerprint density at radius 2 is 1.93 bits per heavy atom. The van der Waals surface area contributed by atoms with Crippen molar-refractivity contribution in [1.29, 1.82) is 0 Å². The highest BCUT2D eigenvalue weighted by Gasteiger charge is 2.26. The van der Waals surface area contributed by atoms with Gasteiger partial charge in [0.05, 0.1) is 5.75 Å². The minimum atomic E-state index is -3.14. The molecule has 0 heterocycles. The molecule has 0 rings (SSSR count). The van der Waals surface area contributed by atoms with Crippen LogP contribution in [-0.4, -0.2) is 26.3 Å². The third-order valence-corrected chi connectivity index (χ3v) is 4.27. The van der Waals surface area contributed by atoms with Crippen LogP contribution in [0.15, 0.2) is 0 Å². The topological polar surface area (TPSA) is 72.2 Å². The number of sulfonamides is 1. The lowest BCUT2D eigenvalue weighted by Gasteiger charge is -2.28. The van der Waals surface area contributed by atoms with E-state index in [0.29, 0.717) is 19.4 Å². The van der Waals surface area contributed by atoms with Gasteiger partial charge in [-0.05, 0) is 32.7 Å². The van der Waals surface area contributed by atoms with Crippen LogP contribution in [0.25, 0.3) is 0 Å². The molecule has 0 saturated carbocycles. The molecule has 3 N–H and O–H groups in total. The monoisotopic (exact) mass is 236 g/mol. The van der Waals surface area contributed by atoms with E-state index in [1.807, 2.05) is 20.8 Å². The molecule has 92 valence electrons. The molecule has 0 aliphatic heterocycles. The third-order valence-electron chi connectivity index (χ3n) is 2.64. The third kappa shape index (κ3) is 6.12. The Kier molecular flexibility index (Phi) is 6.40. The van der Waals surface area contributed by atoms with Crippen LogP contribution in [0.1, 0.15) is 46.5 Å². The van der Waals surface area contributed by atoms with Crippen molar-refractivity contribution in [2.75, 3.05) is 12.3 Å². The van der Waals surface area contributed by atoms with Crippen LogP contribution in [0.2, 0.25) is 0 Å². The second-order valence-electron chi connectivity index (χ2n) is 4.23. The van der Waals surface area contributed by atoms with Crippen LogP contribution < -0.4 is 10.5 Å². The Labute approximate surface area is 93.7 Å². The van der Waals surface area contributed by atoms with E-state index in [-0.39, 0.29) is 11.3 Å². The molecule has 15 heavy (non-hydrogen) atoms. The second kappa shape index (κ2) is 6.45. The second-order valence-corrected chi connectivity index (χ2v) is 6.07. The number of rotatable bonds is 8. The van der Waals surface area contributed by atoms with Gasteiger partial charge >= 0.3 is 0 Å². The van der Waals surface area contributed by atoms with Crippen LogP contribution in [-0.2, 0) is 10.0 Å². The van der Waals surface area contributed by atoms with E-state index in [2.05, 4.69) is 4.72 Å². The van der Waals surface area contributed by atoms with Gasteiger partial charge < -0.3 is 5.73 Å². The fraction of sp³-hybridized carbons (Fsp3) is 1.00. The molecule has 5 heteroatoms. The van der Waals surface area contributed by atoms with Crippen molar-refractivity contribution in [2.45, 2.75) is 52.0 Å². The number of nitrogens with two attached hydrogens (primary N) is 1. The van der Waals surface area contributed by atoms with Crippen molar-refractivity contribution < 1.29 is 8.42 Å². The van der Waals surface area contributed by atoms with Crippen molar-refractivity contribution >= 4 is 10.0 Å². The molecule has 0 aromatic carbocycles. The minimum absolute atomic E-state index is 0.212. The van der Waals surface area contributed by atoms with E-state index >= 15 is 0 Å². The average Bonchev–Trinajstić information content (AvgIpc) is 2.14. The average molecular weight is 236 g/mol. The summed E-state index contributed by atoms with van der Waals surface area (Å²) < 4.78 is 26.1. The fourth-order valence-electron chi connectivity index (χ4n) is 1.38. The number of unbranched alkanes of at least 4 members (excludes halogenated alkanes) is 1. The zero-order valence-electron chi connectivity index (χ0n) is 10.0. The first-order valence-electron chi connectivity index (χ1n) is 5.61. The van der Waals surface area contributed by atoms with Crippen molar-refractivity contribution in [3.8, 4) is 0 Å². The van der Waals surface area contributed by atoms with Gasteiger partial charge in [0.25, 0.3) is 0 Å². The first kappa shape index (κ1) is 14.9. The molecule has 0 amide bonds. The summed E-state index contributed by atoms with van der Waals surface area (Å²) in [5, 5.41) is 0. The van der Waals surface area contributed by atoms with E-state index in [1.54, 1.807) is 0 Å². The van der Waals surface area contributed by atoms with Crippen LogP contribution in [0, 0.1) is 0 Å². The van der Waals surface area contributed by atoms with E-state index in [4.69, 9.17) is 5.73 Å². The molecule has 0 spiro atoms. The van der Waals surface area contributed by atoms with Crippen LogP contribution in [0.4, 0.5) is 0 Å². The van der Waals surface area contributed by atoms with Crippen molar-refractivity contribution in [3.63, 3.8) is 0 Å². The molecule has 4 nitrogen and oxygen atoms in total. The standard InChI is InChI=1S/C10H24N2O2S/c1-4-6-9-15(13,14)12-10(3,5-2)7-8-11/h12H,4-9,11H2,1-3H3. The predicted octanol–water partition coefficient (Wildman–Crippen LogP) is 1.22. The molecule has 0 radical (unpaired) electrons. The van der Waals surface area contributed by atoms with Crippen molar-refractivity contribution in [1.82, 2.24) is 4.72 Å². The molecule has 1 atom stereocenters. The number of hydrogen-bond acceptors (Lipinski definition) is 3. The molecule has 1 unspecified atom stereocenters. The Bertz CT molecular complexity index is 265. The molecule has 0 aromatic rings. The first-order valence-corrected chi connectivity index (χ1v) is 7.26. The van der Waals surface area contributed by atoms with Gasteiger partial charge in [0, 0.05) is 5.54 Å². The van der Waals surface area contributed by atoms with Gasteiger partial charge in [0.1, 0.15) is 0 Å². The van der Waals surface area contributed by atoms with Gasteiger partial charge in [-0.25, -0.2) is 13.1 Å². The highest BCUT2D eigenvalue weighted by molar-refractivity contribution is 7.89. The van der Waals surface area contributed by atoms with Gasteiger partial charge in [0.15, 0.2) is 0 Å². The molecule has 0 bridgehead atoms. The summed E-state index contributed by atoms with van der Waals surface area (Å²) in [7, 11) is -3.14. The van der Waals surface area contributed by atoms with Gasteiger partial charge in [-0.3, -0.25) is 0 Å². The fourth-order valence-corrected chi connectivity index (χ4v) is 3.15. The molecule has 0 aliphatic carbocycles. The molecular weight excluding hydrogens is 212 g/mol. The Hall–Kier alpha value is -0.130. The van der Waals surface area contributed by atoms with Crippen LogP contribution in [0.5, 0.6) is 0 Å². The van der Waals surface area contributed by atoms with Crippen LogP contribution in [0.3, 0.4) is 0 Å². The summed E-state index contributed by atoms with van der Waals surface area (Å²) in [6.07, 6.45) is 3.03. The molecule has 0 aliphatic rings. The molecule has 0 fully saturated rings. The van der Waals surface area contributed by atoms with Gasteiger partial charge in [-0.1, -0.05) is 20.3 Å². The SMILES string of the molecule is CCCCS(=O)(=O)NC(C)(CC)CCN. The van der Waals surface area contributed by atoms with E-state index in [0.717, 1.165) is 12.8 Å². The maximum Gasteiger partial charge on any atom is 0.212 e. The lowest BCUT2D eigenvalue weighted by atomic mass is 9.96. The zero-order chi connectivity index (χ0) is 11.9.